The number of hydrogen-bond acceptors (Lipinski definition) is 1. The van der Waals surface area contributed by atoms with Crippen molar-refractivity contribution >= 4 is 68.1 Å². The molecule has 0 fully saturated rings. The third kappa shape index (κ3) is 5.01. The van der Waals surface area contributed by atoms with Gasteiger partial charge < -0.3 is 8.98 Å². The maximum absolute atomic E-state index is 6.61. The van der Waals surface area contributed by atoms with Crippen LogP contribution in [0.5, 0.6) is 0 Å². The lowest BCUT2D eigenvalue weighted by molar-refractivity contribution is 0.670. The number of benzene rings is 8. The molecule has 10 aromatic rings. The molecule has 0 amide bonds. The highest BCUT2D eigenvalue weighted by Gasteiger charge is 2.22. The highest BCUT2D eigenvalue weighted by molar-refractivity contribution is 6.95. The number of furan rings is 1. The van der Waals surface area contributed by atoms with Crippen LogP contribution in [0, 0.1) is 0 Å². The first-order valence-electron chi connectivity index (χ1n) is 17.5. The predicted octanol–water partition coefficient (Wildman–Crippen LogP) is 10.3. The largest absolute Gasteiger partial charge is 0.455 e. The first-order valence-corrected chi connectivity index (χ1v) is 19.3. The zero-order valence-corrected chi connectivity index (χ0v) is 29.1. The van der Waals surface area contributed by atoms with Crippen molar-refractivity contribution < 1.29 is 4.42 Å². The third-order valence-corrected chi connectivity index (χ3v) is 13.4. The van der Waals surface area contributed by atoms with Crippen molar-refractivity contribution in [2.75, 3.05) is 0 Å². The van der Waals surface area contributed by atoms with Crippen LogP contribution < -0.4 is 15.6 Å². The number of hydrogen-bond donors (Lipinski definition) is 0. The van der Waals surface area contributed by atoms with E-state index in [4.69, 9.17) is 4.42 Å². The Kier molecular flexibility index (Phi) is 7.04. The Bertz CT molecular complexity index is 2770. The summed E-state index contributed by atoms with van der Waals surface area (Å²) in [5, 5.41) is 8.98. The van der Waals surface area contributed by atoms with Gasteiger partial charge >= 0.3 is 0 Å². The van der Waals surface area contributed by atoms with E-state index in [1.165, 1.54) is 54.1 Å². The second kappa shape index (κ2) is 12.2. The molecule has 10 rings (SSSR count). The average Bonchev–Trinajstić information content (AvgIpc) is 3.75. The molecule has 3 heteroatoms. The van der Waals surface area contributed by atoms with Gasteiger partial charge in [-0.05, 0) is 53.1 Å². The Morgan fingerprint density at radius 3 is 1.65 bits per heavy atom. The van der Waals surface area contributed by atoms with Crippen LogP contribution in [-0.2, 0) is 0 Å². The van der Waals surface area contributed by atoms with Crippen molar-refractivity contribution in [1.29, 1.82) is 0 Å². The van der Waals surface area contributed by atoms with E-state index in [0.29, 0.717) is 0 Å². The molecule has 0 radical (unpaired) electrons. The molecular formula is C48H33NOSi. The van der Waals surface area contributed by atoms with Gasteiger partial charge in [-0.2, -0.15) is 0 Å². The normalized spacial score (nSPS) is 11.7. The van der Waals surface area contributed by atoms with Crippen molar-refractivity contribution in [2.45, 2.75) is 0 Å². The molecule has 2 nitrogen and oxygen atoms in total. The summed E-state index contributed by atoms with van der Waals surface area (Å²) >= 11 is 0. The van der Waals surface area contributed by atoms with Crippen LogP contribution in [0.4, 0.5) is 0 Å². The average molecular weight is 668 g/mol. The van der Waals surface area contributed by atoms with Gasteiger partial charge in [0.2, 0.25) is 0 Å². The van der Waals surface area contributed by atoms with Crippen LogP contribution in [-0.4, -0.2) is 13.4 Å². The van der Waals surface area contributed by atoms with Crippen molar-refractivity contribution in [3.05, 3.63) is 194 Å². The fourth-order valence-electron chi connectivity index (χ4n) is 8.01. The van der Waals surface area contributed by atoms with Gasteiger partial charge in [0.25, 0.3) is 0 Å². The molecule has 2 heterocycles. The molecule has 0 saturated heterocycles. The Hall–Kier alpha value is -6.42. The van der Waals surface area contributed by atoms with Crippen LogP contribution in [0.25, 0.3) is 71.7 Å². The lowest BCUT2D eigenvalue weighted by atomic mass is 9.97. The van der Waals surface area contributed by atoms with E-state index in [9.17, 15) is 0 Å². The van der Waals surface area contributed by atoms with Gasteiger partial charge in [0.1, 0.15) is 20.0 Å². The Labute approximate surface area is 298 Å². The summed E-state index contributed by atoms with van der Waals surface area (Å²) in [7, 11) is -1.87. The highest BCUT2D eigenvalue weighted by atomic mass is 28.3. The van der Waals surface area contributed by atoms with Gasteiger partial charge in [-0.25, -0.2) is 0 Å². The van der Waals surface area contributed by atoms with Crippen molar-refractivity contribution in [1.82, 2.24) is 4.57 Å². The number of rotatable bonds is 6. The second-order valence-corrected chi connectivity index (χ2v) is 16.2. The topological polar surface area (TPSA) is 18.1 Å². The number of fused-ring (bicyclic) bond motifs is 6. The summed E-state index contributed by atoms with van der Waals surface area (Å²) in [5.41, 5.74) is 10.1. The molecule has 0 aliphatic heterocycles. The Morgan fingerprint density at radius 2 is 0.941 bits per heavy atom. The van der Waals surface area contributed by atoms with Gasteiger partial charge in [-0.3, -0.25) is 0 Å². The third-order valence-electron chi connectivity index (χ3n) is 10.3. The molecule has 240 valence electrons. The quantitative estimate of drug-likeness (QED) is 0.128. The smallest absolute Gasteiger partial charge is 0.143 e. The van der Waals surface area contributed by atoms with Gasteiger partial charge in [-0.1, -0.05) is 173 Å². The second-order valence-electron chi connectivity index (χ2n) is 13.3. The van der Waals surface area contributed by atoms with Crippen molar-refractivity contribution in [3.63, 3.8) is 0 Å². The highest BCUT2D eigenvalue weighted by Crippen LogP contribution is 2.38. The molecule has 51 heavy (non-hydrogen) atoms. The number of para-hydroxylation sites is 4. The molecule has 0 aliphatic carbocycles. The molecular weight excluding hydrogens is 635 g/mol. The summed E-state index contributed by atoms with van der Waals surface area (Å²) in [6, 6.07) is 70.8. The first kappa shape index (κ1) is 29.5. The summed E-state index contributed by atoms with van der Waals surface area (Å²) < 4.78 is 9.01. The van der Waals surface area contributed by atoms with E-state index < -0.39 is 8.80 Å². The van der Waals surface area contributed by atoms with E-state index in [1.807, 2.05) is 6.07 Å². The fraction of sp³-hybridized carbons (Fsp3) is 0. The van der Waals surface area contributed by atoms with E-state index in [2.05, 4.69) is 193 Å². The zero-order valence-electron chi connectivity index (χ0n) is 27.9. The monoisotopic (exact) mass is 667 g/mol. The predicted molar refractivity (Wildman–Crippen MR) is 218 cm³/mol. The molecule has 0 saturated carbocycles. The minimum absolute atomic E-state index is 0.913. The summed E-state index contributed by atoms with van der Waals surface area (Å²) in [5.74, 6) is 0. The minimum atomic E-state index is -1.87. The van der Waals surface area contributed by atoms with Crippen molar-refractivity contribution in [3.8, 4) is 27.9 Å². The van der Waals surface area contributed by atoms with Crippen LogP contribution in [0.3, 0.4) is 0 Å². The molecule has 0 spiro atoms. The molecule has 2 aromatic heterocycles. The molecule has 0 unspecified atom stereocenters. The number of nitrogens with zero attached hydrogens (tertiary/aromatic N) is 1. The summed E-state index contributed by atoms with van der Waals surface area (Å²) in [4.78, 5) is 0. The zero-order chi connectivity index (χ0) is 33.7. The van der Waals surface area contributed by atoms with Crippen LogP contribution in [0.1, 0.15) is 0 Å². The van der Waals surface area contributed by atoms with E-state index >= 15 is 0 Å². The Balaban J connectivity index is 1.23. The molecule has 8 aromatic carbocycles. The van der Waals surface area contributed by atoms with Crippen LogP contribution in [0.2, 0.25) is 0 Å². The maximum Gasteiger partial charge on any atom is 0.143 e. The van der Waals surface area contributed by atoms with Gasteiger partial charge in [0.15, 0.2) is 0 Å². The van der Waals surface area contributed by atoms with Crippen LogP contribution >= 0.6 is 0 Å². The number of aromatic nitrogens is 1. The fourth-order valence-corrected chi connectivity index (χ4v) is 11.1. The molecule has 0 N–H and O–H groups in total. The van der Waals surface area contributed by atoms with Gasteiger partial charge in [-0.15, -0.1) is 0 Å². The summed E-state index contributed by atoms with van der Waals surface area (Å²) in [6.45, 7) is 0. The van der Waals surface area contributed by atoms with E-state index in [0.717, 1.165) is 33.2 Å². The lowest BCUT2D eigenvalue weighted by Crippen LogP contribution is -2.52. The Morgan fingerprint density at radius 1 is 0.373 bits per heavy atom. The van der Waals surface area contributed by atoms with E-state index in [-0.39, 0.29) is 0 Å². The van der Waals surface area contributed by atoms with E-state index in [1.54, 1.807) is 0 Å². The van der Waals surface area contributed by atoms with Gasteiger partial charge in [0.05, 0.1) is 11.0 Å². The molecule has 0 aliphatic rings. The standard InChI is InChI=1S/C48H33NOSi/c1-3-17-37(18-4-1)51(38-19-5-2-6-20-38)39-31-34(29-35(32-39)40-24-14-25-44-43-23-9-12-28-47(43)50-48(40)44)33-15-13-16-36(30-33)49-45-26-10-7-21-41(45)42-22-8-11-27-46(42)49/h1-32,51H. The molecule has 0 atom stereocenters. The summed E-state index contributed by atoms with van der Waals surface area (Å²) in [6.07, 6.45) is 0. The maximum atomic E-state index is 6.61. The van der Waals surface area contributed by atoms with Crippen molar-refractivity contribution in [2.24, 2.45) is 0 Å². The minimum Gasteiger partial charge on any atom is -0.455 e. The molecule has 0 bridgehead atoms. The van der Waals surface area contributed by atoms with Gasteiger partial charge in [0, 0.05) is 32.8 Å². The van der Waals surface area contributed by atoms with Crippen LogP contribution in [0.15, 0.2) is 199 Å². The lowest BCUT2D eigenvalue weighted by Gasteiger charge is -2.20. The first-order chi connectivity index (χ1) is 25.3. The SMILES string of the molecule is c1ccc([SiH](c2ccccc2)c2cc(-c3cccc(-n4c5ccccc5c5ccccc54)c3)cc(-c3cccc4c3oc3ccccc34)c2)cc1.